The lowest BCUT2D eigenvalue weighted by Gasteiger charge is -2.39. The Morgan fingerprint density at radius 2 is 1.92 bits per heavy atom. The van der Waals surface area contributed by atoms with Crippen LogP contribution in [0.1, 0.15) is 31.0 Å². The minimum absolute atomic E-state index is 0.0489. The van der Waals surface area contributed by atoms with Gasteiger partial charge in [-0.3, -0.25) is 9.59 Å². The first-order chi connectivity index (χ1) is 12.0. The maximum atomic E-state index is 12.8. The van der Waals surface area contributed by atoms with Gasteiger partial charge < -0.3 is 14.7 Å². The average molecular weight is 345 g/mol. The molecule has 2 amide bonds. The summed E-state index contributed by atoms with van der Waals surface area (Å²) in [6.45, 7) is 10.2. The van der Waals surface area contributed by atoms with Crippen LogP contribution in [0.25, 0.3) is 0 Å². The molecule has 0 bridgehead atoms. The van der Waals surface area contributed by atoms with Crippen molar-refractivity contribution in [3.63, 3.8) is 0 Å². The first-order valence-electron chi connectivity index (χ1n) is 9.11. The van der Waals surface area contributed by atoms with Crippen LogP contribution in [0.4, 0.5) is 5.82 Å². The summed E-state index contributed by atoms with van der Waals surface area (Å²) in [7, 11) is 0. The molecule has 0 radical (unpaired) electrons. The summed E-state index contributed by atoms with van der Waals surface area (Å²) in [6, 6.07) is 0. The van der Waals surface area contributed by atoms with E-state index in [1.807, 2.05) is 25.7 Å². The maximum absolute atomic E-state index is 12.8. The third kappa shape index (κ3) is 3.60. The van der Waals surface area contributed by atoms with Crippen LogP contribution in [0.15, 0.2) is 6.33 Å². The average Bonchev–Trinajstić information content (AvgIpc) is 2.64. The highest BCUT2D eigenvalue weighted by atomic mass is 16.2. The van der Waals surface area contributed by atoms with Gasteiger partial charge in [0, 0.05) is 56.9 Å². The first kappa shape index (κ1) is 17.6. The van der Waals surface area contributed by atoms with Crippen molar-refractivity contribution in [1.29, 1.82) is 0 Å². The van der Waals surface area contributed by atoms with Gasteiger partial charge >= 0.3 is 0 Å². The van der Waals surface area contributed by atoms with Crippen LogP contribution in [0.2, 0.25) is 0 Å². The summed E-state index contributed by atoms with van der Waals surface area (Å²) in [5.74, 6) is 1.29. The zero-order valence-electron chi connectivity index (χ0n) is 15.4. The molecule has 3 heterocycles. The molecule has 2 fully saturated rings. The lowest BCUT2D eigenvalue weighted by molar-refractivity contribution is -0.143. The van der Waals surface area contributed by atoms with Gasteiger partial charge in [-0.1, -0.05) is 0 Å². The maximum Gasteiger partial charge on any atom is 0.227 e. The predicted molar refractivity (Wildman–Crippen MR) is 95.3 cm³/mol. The van der Waals surface area contributed by atoms with E-state index in [-0.39, 0.29) is 17.7 Å². The van der Waals surface area contributed by atoms with Crippen molar-refractivity contribution in [2.75, 3.05) is 44.2 Å². The van der Waals surface area contributed by atoms with Crippen LogP contribution in [-0.2, 0) is 9.59 Å². The molecule has 1 atom stereocenters. The molecule has 0 aromatic carbocycles. The molecule has 2 aliphatic rings. The van der Waals surface area contributed by atoms with Gasteiger partial charge in [0.2, 0.25) is 11.8 Å². The van der Waals surface area contributed by atoms with E-state index in [4.69, 9.17) is 0 Å². The van der Waals surface area contributed by atoms with Crippen LogP contribution < -0.4 is 4.90 Å². The fraction of sp³-hybridized carbons (Fsp3) is 0.667. The number of carbonyl (C=O) groups is 2. The number of carbonyl (C=O) groups excluding carboxylic acids is 2. The number of hydrogen-bond donors (Lipinski definition) is 0. The molecule has 0 spiro atoms. The number of aryl methyl sites for hydroxylation is 1. The monoisotopic (exact) mass is 345 g/mol. The molecular weight excluding hydrogens is 318 g/mol. The molecule has 0 saturated carbocycles. The lowest BCUT2D eigenvalue weighted by atomic mass is 9.95. The van der Waals surface area contributed by atoms with Crippen molar-refractivity contribution in [1.82, 2.24) is 19.8 Å². The van der Waals surface area contributed by atoms with Gasteiger partial charge in [-0.25, -0.2) is 9.97 Å². The van der Waals surface area contributed by atoms with E-state index in [2.05, 4.69) is 14.9 Å². The highest BCUT2D eigenvalue weighted by Gasteiger charge is 2.33. The minimum atomic E-state index is -0.0489. The van der Waals surface area contributed by atoms with Gasteiger partial charge in [0.15, 0.2) is 0 Å². The largest absolute Gasteiger partial charge is 0.353 e. The Labute approximate surface area is 149 Å². The number of hydrogen-bond acceptors (Lipinski definition) is 5. The van der Waals surface area contributed by atoms with E-state index < -0.39 is 0 Å². The van der Waals surface area contributed by atoms with Crippen LogP contribution >= 0.6 is 0 Å². The van der Waals surface area contributed by atoms with Crippen LogP contribution in [0, 0.1) is 19.8 Å². The Hall–Kier alpha value is -2.18. The molecule has 0 aliphatic carbocycles. The number of rotatable bonds is 3. The molecule has 3 rings (SSSR count). The molecule has 2 aliphatic heterocycles. The Morgan fingerprint density at radius 3 is 2.60 bits per heavy atom. The van der Waals surface area contributed by atoms with Crippen molar-refractivity contribution in [2.45, 2.75) is 33.6 Å². The zero-order valence-corrected chi connectivity index (χ0v) is 15.4. The van der Waals surface area contributed by atoms with E-state index in [0.29, 0.717) is 39.0 Å². The van der Waals surface area contributed by atoms with Gasteiger partial charge in [0.25, 0.3) is 0 Å². The molecular formula is C18H27N5O2. The second kappa shape index (κ2) is 7.37. The van der Waals surface area contributed by atoms with Gasteiger partial charge in [0.1, 0.15) is 12.1 Å². The Bertz CT molecular complexity index is 655. The highest BCUT2D eigenvalue weighted by Crippen LogP contribution is 2.23. The number of aromatic nitrogens is 2. The summed E-state index contributed by atoms with van der Waals surface area (Å²) >= 11 is 0. The molecule has 136 valence electrons. The Balaban J connectivity index is 1.59. The van der Waals surface area contributed by atoms with Crippen LogP contribution in [0.5, 0.6) is 0 Å². The summed E-state index contributed by atoms with van der Waals surface area (Å²) in [6.07, 6.45) is 2.77. The molecule has 1 aromatic rings. The Kier molecular flexibility index (Phi) is 5.20. The summed E-state index contributed by atoms with van der Waals surface area (Å²) in [5.41, 5.74) is 2.10. The predicted octanol–water partition coefficient (Wildman–Crippen LogP) is 1.00. The molecule has 2 saturated heterocycles. The van der Waals surface area contributed by atoms with Crippen LogP contribution in [-0.4, -0.2) is 70.9 Å². The smallest absolute Gasteiger partial charge is 0.227 e. The van der Waals surface area contributed by atoms with Crippen molar-refractivity contribution in [3.8, 4) is 0 Å². The number of piperazine rings is 1. The lowest BCUT2D eigenvalue weighted by Crippen LogP contribution is -2.53. The minimum Gasteiger partial charge on any atom is -0.353 e. The normalized spacial score (nSPS) is 21.6. The van der Waals surface area contributed by atoms with Gasteiger partial charge in [-0.2, -0.15) is 0 Å². The highest BCUT2D eigenvalue weighted by molar-refractivity contribution is 5.84. The van der Waals surface area contributed by atoms with Gasteiger partial charge in [0.05, 0.1) is 5.92 Å². The summed E-state index contributed by atoms with van der Waals surface area (Å²) in [5, 5.41) is 0. The number of piperidine rings is 1. The van der Waals surface area contributed by atoms with E-state index in [9.17, 15) is 9.59 Å². The molecule has 7 nitrogen and oxygen atoms in total. The topological polar surface area (TPSA) is 69.6 Å². The fourth-order valence-electron chi connectivity index (χ4n) is 3.66. The van der Waals surface area contributed by atoms with E-state index in [1.165, 1.54) is 0 Å². The third-order valence-corrected chi connectivity index (χ3v) is 5.43. The quantitative estimate of drug-likeness (QED) is 0.817. The van der Waals surface area contributed by atoms with Crippen molar-refractivity contribution < 1.29 is 9.59 Å². The number of amides is 2. The Morgan fingerprint density at radius 1 is 1.20 bits per heavy atom. The van der Waals surface area contributed by atoms with Crippen LogP contribution in [0.3, 0.4) is 0 Å². The molecule has 25 heavy (non-hydrogen) atoms. The van der Waals surface area contributed by atoms with E-state index >= 15 is 0 Å². The molecule has 7 heteroatoms. The summed E-state index contributed by atoms with van der Waals surface area (Å²) < 4.78 is 0. The standard InChI is InChI=1S/C18H27N5O2/c1-4-21-11-15(5-6-16(21)24)18(25)23-9-7-22(8-10-23)17-13(2)14(3)19-12-20-17/h12,15H,4-11H2,1-3H3/t15-/m0/s1. The van der Waals surface area contributed by atoms with Gasteiger partial charge in [-0.15, -0.1) is 0 Å². The fourth-order valence-corrected chi connectivity index (χ4v) is 3.66. The number of anilines is 1. The van der Waals surface area contributed by atoms with E-state index in [1.54, 1.807) is 11.2 Å². The first-order valence-corrected chi connectivity index (χ1v) is 9.11. The zero-order chi connectivity index (χ0) is 18.0. The van der Waals surface area contributed by atoms with Crippen molar-refractivity contribution in [3.05, 3.63) is 17.6 Å². The second-order valence-corrected chi connectivity index (χ2v) is 6.89. The third-order valence-electron chi connectivity index (χ3n) is 5.43. The second-order valence-electron chi connectivity index (χ2n) is 6.89. The van der Waals surface area contributed by atoms with Crippen molar-refractivity contribution >= 4 is 17.6 Å². The molecule has 0 N–H and O–H groups in total. The SMILES string of the molecule is CCN1C[C@@H](C(=O)N2CCN(c3ncnc(C)c3C)CC2)CCC1=O. The van der Waals surface area contributed by atoms with E-state index in [0.717, 1.165) is 30.2 Å². The molecule has 1 aromatic heterocycles. The number of nitrogens with zero attached hydrogens (tertiary/aromatic N) is 5. The number of likely N-dealkylation sites (tertiary alicyclic amines) is 1. The molecule has 0 unspecified atom stereocenters. The van der Waals surface area contributed by atoms with Crippen molar-refractivity contribution in [2.24, 2.45) is 5.92 Å². The van der Waals surface area contributed by atoms with Gasteiger partial charge in [-0.05, 0) is 27.2 Å². The summed E-state index contributed by atoms with van der Waals surface area (Å²) in [4.78, 5) is 39.3.